The molecular weight excluding hydrogens is 366 g/mol. The minimum Gasteiger partial charge on any atom is -0.423 e. The Morgan fingerprint density at radius 3 is 2.41 bits per heavy atom. The summed E-state index contributed by atoms with van der Waals surface area (Å²) in [4.78, 5) is 11.9. The summed E-state index contributed by atoms with van der Waals surface area (Å²) in [6.45, 7) is 4.35. The van der Waals surface area contributed by atoms with Crippen LogP contribution >= 0.6 is 0 Å². The Morgan fingerprint density at radius 2 is 1.78 bits per heavy atom. The number of rotatable bonds is 6. The Morgan fingerprint density at radius 1 is 1.07 bits per heavy atom. The van der Waals surface area contributed by atoms with E-state index in [0.29, 0.717) is 28.1 Å². The van der Waals surface area contributed by atoms with Crippen LogP contribution in [0.15, 0.2) is 62.6 Å². The van der Waals surface area contributed by atoms with Gasteiger partial charge in [0.1, 0.15) is 5.58 Å². The molecule has 1 heterocycles. The van der Waals surface area contributed by atoms with Gasteiger partial charge < -0.3 is 9.15 Å². The molecule has 0 bridgehead atoms. The lowest BCUT2D eigenvalue weighted by Gasteiger charge is -2.11. The topological polar surface area (TPSA) is 85.6 Å². The summed E-state index contributed by atoms with van der Waals surface area (Å²) in [5.74, 6) is 0.319. The van der Waals surface area contributed by atoms with Crippen molar-refractivity contribution in [2.75, 3.05) is 11.8 Å². The predicted molar refractivity (Wildman–Crippen MR) is 105 cm³/mol. The van der Waals surface area contributed by atoms with Crippen LogP contribution in [-0.2, 0) is 21.4 Å². The summed E-state index contributed by atoms with van der Waals surface area (Å²) >= 11 is 0. The van der Waals surface area contributed by atoms with Gasteiger partial charge in [0, 0.05) is 24.6 Å². The molecule has 142 valence electrons. The third-order valence-corrected chi connectivity index (χ3v) is 5.64. The molecule has 0 aliphatic rings. The summed E-state index contributed by atoms with van der Waals surface area (Å²) < 4.78 is 38.1. The largest absolute Gasteiger partial charge is 0.423 e. The van der Waals surface area contributed by atoms with Crippen molar-refractivity contribution in [3.63, 3.8) is 0 Å². The monoisotopic (exact) mass is 387 g/mol. The van der Waals surface area contributed by atoms with Crippen LogP contribution in [0.4, 0.5) is 5.69 Å². The van der Waals surface area contributed by atoms with E-state index in [1.807, 2.05) is 13.8 Å². The van der Waals surface area contributed by atoms with Crippen molar-refractivity contribution < 1.29 is 17.6 Å². The Labute approximate surface area is 157 Å². The van der Waals surface area contributed by atoms with Crippen LogP contribution in [0.2, 0.25) is 0 Å². The molecule has 6 nitrogen and oxygen atoms in total. The molecule has 7 heteroatoms. The highest BCUT2D eigenvalue weighted by molar-refractivity contribution is 7.92. The lowest BCUT2D eigenvalue weighted by Crippen LogP contribution is -2.13. The second-order valence-electron chi connectivity index (χ2n) is 6.56. The van der Waals surface area contributed by atoms with Gasteiger partial charge in [0.25, 0.3) is 10.0 Å². The van der Waals surface area contributed by atoms with E-state index in [4.69, 9.17) is 9.15 Å². The van der Waals surface area contributed by atoms with Gasteiger partial charge in [0.2, 0.25) is 0 Å². The van der Waals surface area contributed by atoms with E-state index in [1.54, 1.807) is 36.4 Å². The number of ether oxygens (including phenoxy) is 1. The molecule has 0 aliphatic heterocycles. The molecule has 0 saturated heterocycles. The summed E-state index contributed by atoms with van der Waals surface area (Å²) in [6, 6.07) is 13.0. The minimum absolute atomic E-state index is 0.168. The third-order valence-electron chi connectivity index (χ3n) is 4.24. The van der Waals surface area contributed by atoms with Crippen molar-refractivity contribution >= 4 is 26.7 Å². The number of sulfonamides is 1. The van der Waals surface area contributed by atoms with E-state index in [1.165, 1.54) is 19.2 Å². The van der Waals surface area contributed by atoms with E-state index in [-0.39, 0.29) is 11.5 Å². The average Bonchev–Trinajstić information content (AvgIpc) is 2.61. The summed E-state index contributed by atoms with van der Waals surface area (Å²) in [5.41, 5.74) is 1.84. The quantitative estimate of drug-likeness (QED) is 0.649. The van der Waals surface area contributed by atoms with Crippen LogP contribution < -0.4 is 10.3 Å². The second-order valence-corrected chi connectivity index (χ2v) is 8.25. The number of nitrogens with one attached hydrogen (secondary N) is 1. The van der Waals surface area contributed by atoms with E-state index < -0.39 is 15.6 Å². The van der Waals surface area contributed by atoms with Crippen molar-refractivity contribution in [2.24, 2.45) is 0 Å². The maximum atomic E-state index is 12.6. The molecule has 0 saturated carbocycles. The molecule has 0 unspecified atom stereocenters. The Kier molecular flexibility index (Phi) is 5.34. The number of anilines is 1. The molecule has 3 rings (SSSR count). The van der Waals surface area contributed by atoms with E-state index in [0.717, 1.165) is 5.56 Å². The van der Waals surface area contributed by atoms with Gasteiger partial charge in [0.05, 0.1) is 17.2 Å². The standard InChI is InChI=1S/C20H21NO5S/c1-13(2)14-4-7-17(8-5-14)27(23,24)21-16-6-9-18-15(12-25-3)10-20(22)26-19(18)11-16/h4-11,13,21H,12H2,1-3H3. The van der Waals surface area contributed by atoms with Gasteiger partial charge in [-0.25, -0.2) is 13.2 Å². The zero-order valence-corrected chi connectivity index (χ0v) is 16.2. The van der Waals surface area contributed by atoms with Gasteiger partial charge >= 0.3 is 5.63 Å². The van der Waals surface area contributed by atoms with Crippen molar-refractivity contribution in [1.82, 2.24) is 0 Å². The maximum absolute atomic E-state index is 12.6. The summed E-state index contributed by atoms with van der Waals surface area (Å²) in [6.07, 6.45) is 0. The highest BCUT2D eigenvalue weighted by Gasteiger charge is 2.15. The van der Waals surface area contributed by atoms with Crippen LogP contribution in [0, 0.1) is 0 Å². The SMILES string of the molecule is COCc1cc(=O)oc2cc(NS(=O)(=O)c3ccc(C(C)C)cc3)ccc12. The molecule has 1 N–H and O–H groups in total. The molecule has 2 aromatic carbocycles. The average molecular weight is 387 g/mol. The van der Waals surface area contributed by atoms with Crippen molar-refractivity contribution in [3.8, 4) is 0 Å². The van der Waals surface area contributed by atoms with Gasteiger partial charge in [-0.05, 0) is 41.3 Å². The summed E-state index contributed by atoms with van der Waals surface area (Å²) in [5, 5.41) is 0.695. The number of hydrogen-bond acceptors (Lipinski definition) is 5. The fourth-order valence-electron chi connectivity index (χ4n) is 2.81. The van der Waals surface area contributed by atoms with Gasteiger partial charge in [-0.3, -0.25) is 4.72 Å². The zero-order valence-electron chi connectivity index (χ0n) is 15.4. The van der Waals surface area contributed by atoms with Crippen molar-refractivity contribution in [2.45, 2.75) is 31.3 Å². The predicted octanol–water partition coefficient (Wildman–Crippen LogP) is 3.86. The van der Waals surface area contributed by atoms with Crippen LogP contribution in [0.25, 0.3) is 11.0 Å². The molecule has 0 atom stereocenters. The number of fused-ring (bicyclic) bond motifs is 1. The normalized spacial score (nSPS) is 11.9. The van der Waals surface area contributed by atoms with Crippen molar-refractivity contribution in [1.29, 1.82) is 0 Å². The van der Waals surface area contributed by atoms with Crippen molar-refractivity contribution in [3.05, 3.63) is 70.1 Å². The van der Waals surface area contributed by atoms with Gasteiger partial charge in [-0.1, -0.05) is 26.0 Å². The van der Waals surface area contributed by atoms with E-state index >= 15 is 0 Å². The first-order chi connectivity index (χ1) is 12.8. The minimum atomic E-state index is -3.75. The summed E-state index contributed by atoms with van der Waals surface area (Å²) in [7, 11) is -2.21. The molecule has 0 fully saturated rings. The lowest BCUT2D eigenvalue weighted by molar-refractivity contribution is 0.185. The fourth-order valence-corrected chi connectivity index (χ4v) is 3.86. The third kappa shape index (κ3) is 4.20. The fraction of sp³-hybridized carbons (Fsp3) is 0.250. The maximum Gasteiger partial charge on any atom is 0.336 e. The highest BCUT2D eigenvalue weighted by Crippen LogP contribution is 2.24. The van der Waals surface area contributed by atoms with E-state index in [2.05, 4.69) is 4.72 Å². The van der Waals surface area contributed by atoms with Crippen LogP contribution in [0.1, 0.15) is 30.9 Å². The van der Waals surface area contributed by atoms with Crippen LogP contribution in [0.5, 0.6) is 0 Å². The first kappa shape index (κ1) is 19.1. The molecule has 0 spiro atoms. The van der Waals surface area contributed by atoms with Gasteiger partial charge in [-0.15, -0.1) is 0 Å². The zero-order chi connectivity index (χ0) is 19.6. The molecule has 1 aromatic heterocycles. The van der Waals surface area contributed by atoms with Crippen LogP contribution in [0.3, 0.4) is 0 Å². The molecule has 27 heavy (non-hydrogen) atoms. The Bertz CT molecular complexity index is 1120. The number of methoxy groups -OCH3 is 1. The molecule has 0 radical (unpaired) electrons. The van der Waals surface area contributed by atoms with Gasteiger partial charge in [0.15, 0.2) is 0 Å². The lowest BCUT2D eigenvalue weighted by atomic mass is 10.0. The molecule has 0 amide bonds. The molecule has 0 aliphatic carbocycles. The van der Waals surface area contributed by atoms with E-state index in [9.17, 15) is 13.2 Å². The Hall–Kier alpha value is -2.64. The highest BCUT2D eigenvalue weighted by atomic mass is 32.2. The number of hydrogen-bond donors (Lipinski definition) is 1. The Balaban J connectivity index is 1.94. The molecule has 3 aromatic rings. The first-order valence-electron chi connectivity index (χ1n) is 8.48. The number of benzene rings is 2. The molecular formula is C20H21NO5S. The second kappa shape index (κ2) is 7.54. The first-order valence-corrected chi connectivity index (χ1v) is 9.97. The van der Waals surface area contributed by atoms with Gasteiger partial charge in [-0.2, -0.15) is 0 Å². The smallest absolute Gasteiger partial charge is 0.336 e. The van der Waals surface area contributed by atoms with Crippen LogP contribution in [-0.4, -0.2) is 15.5 Å².